The molecule has 1 aliphatic rings. The number of furan rings is 1. The summed E-state index contributed by atoms with van der Waals surface area (Å²) in [6.45, 7) is 4.62. The number of hydrogen-bond acceptors (Lipinski definition) is 4. The van der Waals surface area contributed by atoms with Gasteiger partial charge >= 0.3 is 0 Å². The monoisotopic (exact) mass is 314 g/mol. The van der Waals surface area contributed by atoms with Crippen molar-refractivity contribution in [2.24, 2.45) is 17.6 Å². The van der Waals surface area contributed by atoms with Gasteiger partial charge in [0.2, 0.25) is 10.0 Å². The van der Waals surface area contributed by atoms with E-state index in [1.54, 1.807) is 6.92 Å². The minimum absolute atomic E-state index is 0.205. The summed E-state index contributed by atoms with van der Waals surface area (Å²) in [4.78, 5) is 0.208. The van der Waals surface area contributed by atoms with Crippen LogP contribution in [0.4, 0.5) is 0 Å². The molecule has 1 aromatic heterocycles. The predicted octanol–water partition coefficient (Wildman–Crippen LogP) is 2.54. The first-order valence-corrected chi connectivity index (χ1v) is 9.19. The Morgan fingerprint density at radius 3 is 2.81 bits per heavy atom. The predicted molar refractivity (Wildman–Crippen MR) is 82.3 cm³/mol. The number of aryl methyl sites for hydroxylation is 1. The highest BCUT2D eigenvalue weighted by molar-refractivity contribution is 7.89. The van der Waals surface area contributed by atoms with Gasteiger partial charge in [0.25, 0.3) is 0 Å². The Kier molecular flexibility index (Phi) is 5.46. The highest BCUT2D eigenvalue weighted by atomic mass is 32.2. The van der Waals surface area contributed by atoms with Gasteiger partial charge in [0, 0.05) is 12.6 Å². The molecule has 3 N–H and O–H groups in total. The topological polar surface area (TPSA) is 85.3 Å². The van der Waals surface area contributed by atoms with Crippen molar-refractivity contribution in [1.29, 1.82) is 0 Å². The number of rotatable bonds is 6. The third-order valence-corrected chi connectivity index (χ3v) is 5.87. The molecule has 0 saturated heterocycles. The van der Waals surface area contributed by atoms with Crippen LogP contribution in [0.1, 0.15) is 50.5 Å². The molecule has 1 aromatic rings. The van der Waals surface area contributed by atoms with Gasteiger partial charge in [-0.1, -0.05) is 26.2 Å². The van der Waals surface area contributed by atoms with Crippen molar-refractivity contribution in [1.82, 2.24) is 4.72 Å². The van der Waals surface area contributed by atoms with Gasteiger partial charge < -0.3 is 10.2 Å². The Morgan fingerprint density at radius 1 is 1.43 bits per heavy atom. The van der Waals surface area contributed by atoms with Crippen LogP contribution in [-0.2, 0) is 16.6 Å². The standard InChI is InChI=1S/C15H26N2O3S/c1-11-4-3-5-13(8-11)6-7-17-21(18,19)15-9-14(10-16)20-12(15)2/h9,11,13,17H,3-8,10,16H2,1-2H3. The van der Waals surface area contributed by atoms with Crippen LogP contribution in [0.15, 0.2) is 15.4 Å². The van der Waals surface area contributed by atoms with Crippen LogP contribution in [0.25, 0.3) is 0 Å². The molecule has 2 atom stereocenters. The second-order valence-corrected chi connectivity index (χ2v) is 7.90. The van der Waals surface area contributed by atoms with E-state index in [0.717, 1.165) is 12.3 Å². The first kappa shape index (κ1) is 16.5. The molecule has 0 aliphatic heterocycles. The number of sulfonamides is 1. The summed E-state index contributed by atoms with van der Waals surface area (Å²) in [6.07, 6.45) is 5.90. The van der Waals surface area contributed by atoms with Crippen LogP contribution in [0, 0.1) is 18.8 Å². The van der Waals surface area contributed by atoms with E-state index >= 15 is 0 Å². The van der Waals surface area contributed by atoms with Crippen molar-refractivity contribution < 1.29 is 12.8 Å². The second kappa shape index (κ2) is 6.94. The second-order valence-electron chi connectivity index (χ2n) is 6.16. The molecule has 1 aliphatic carbocycles. The van der Waals surface area contributed by atoms with Gasteiger partial charge in [-0.25, -0.2) is 13.1 Å². The fraction of sp³-hybridized carbons (Fsp3) is 0.733. The summed E-state index contributed by atoms with van der Waals surface area (Å²) in [6, 6.07) is 1.51. The highest BCUT2D eigenvalue weighted by Crippen LogP contribution is 2.30. The van der Waals surface area contributed by atoms with Gasteiger partial charge in [0.15, 0.2) is 0 Å². The maximum Gasteiger partial charge on any atom is 0.244 e. The molecule has 21 heavy (non-hydrogen) atoms. The largest absolute Gasteiger partial charge is 0.464 e. The molecule has 0 bridgehead atoms. The van der Waals surface area contributed by atoms with Crippen LogP contribution >= 0.6 is 0 Å². The normalized spacial score (nSPS) is 23.4. The molecular weight excluding hydrogens is 288 g/mol. The zero-order valence-electron chi connectivity index (χ0n) is 12.9. The number of hydrogen-bond donors (Lipinski definition) is 2. The summed E-state index contributed by atoms with van der Waals surface area (Å²) in [5.41, 5.74) is 5.48. The Balaban J connectivity index is 1.90. The lowest BCUT2D eigenvalue weighted by molar-refractivity contribution is 0.271. The minimum atomic E-state index is -3.49. The molecule has 6 heteroatoms. The first-order chi connectivity index (χ1) is 9.92. The quantitative estimate of drug-likeness (QED) is 0.845. The van der Waals surface area contributed by atoms with Gasteiger partial charge in [-0.05, 0) is 31.6 Å². The number of nitrogens with one attached hydrogen (secondary N) is 1. The van der Waals surface area contributed by atoms with E-state index in [1.807, 2.05) is 0 Å². The average Bonchev–Trinajstić information content (AvgIpc) is 2.81. The molecule has 2 unspecified atom stereocenters. The van der Waals surface area contributed by atoms with E-state index in [9.17, 15) is 8.42 Å². The lowest BCUT2D eigenvalue weighted by Gasteiger charge is -2.26. The highest BCUT2D eigenvalue weighted by Gasteiger charge is 2.22. The first-order valence-electron chi connectivity index (χ1n) is 7.71. The summed E-state index contributed by atoms with van der Waals surface area (Å²) < 4.78 is 32.6. The third-order valence-electron chi connectivity index (χ3n) is 4.30. The molecular formula is C15H26N2O3S. The van der Waals surface area contributed by atoms with Crippen LogP contribution in [-0.4, -0.2) is 15.0 Å². The van der Waals surface area contributed by atoms with E-state index < -0.39 is 10.0 Å². The van der Waals surface area contributed by atoms with E-state index in [2.05, 4.69) is 11.6 Å². The minimum Gasteiger partial charge on any atom is -0.464 e. The van der Waals surface area contributed by atoms with Gasteiger partial charge in [-0.15, -0.1) is 0 Å². The molecule has 1 saturated carbocycles. The van der Waals surface area contributed by atoms with Gasteiger partial charge in [0.1, 0.15) is 16.4 Å². The summed E-state index contributed by atoms with van der Waals surface area (Å²) in [5, 5.41) is 0. The number of nitrogens with two attached hydrogens (primary N) is 1. The van der Waals surface area contributed by atoms with Crippen LogP contribution < -0.4 is 10.5 Å². The van der Waals surface area contributed by atoms with Crippen LogP contribution in [0.5, 0.6) is 0 Å². The summed E-state index contributed by atoms with van der Waals surface area (Å²) in [7, 11) is -3.49. The van der Waals surface area contributed by atoms with Crippen LogP contribution in [0.2, 0.25) is 0 Å². The third kappa shape index (κ3) is 4.31. The zero-order chi connectivity index (χ0) is 15.5. The smallest absolute Gasteiger partial charge is 0.244 e. The SMILES string of the molecule is Cc1oc(CN)cc1S(=O)(=O)NCCC1CCCC(C)C1. The van der Waals surface area contributed by atoms with Gasteiger partial charge in [0.05, 0.1) is 6.54 Å². The zero-order valence-corrected chi connectivity index (χ0v) is 13.7. The van der Waals surface area contributed by atoms with E-state index in [-0.39, 0.29) is 11.4 Å². The molecule has 0 spiro atoms. The fourth-order valence-corrected chi connectivity index (χ4v) is 4.44. The van der Waals surface area contributed by atoms with E-state index in [4.69, 9.17) is 10.2 Å². The lowest BCUT2D eigenvalue weighted by atomic mass is 9.81. The molecule has 120 valence electrons. The lowest BCUT2D eigenvalue weighted by Crippen LogP contribution is -2.27. The van der Waals surface area contributed by atoms with E-state index in [0.29, 0.717) is 24.0 Å². The Bertz CT molecular complexity index is 565. The van der Waals surface area contributed by atoms with Gasteiger partial charge in [-0.3, -0.25) is 0 Å². The average molecular weight is 314 g/mol. The summed E-state index contributed by atoms with van der Waals surface area (Å²) in [5.74, 6) is 2.30. The Labute approximate surface area is 127 Å². The molecule has 0 radical (unpaired) electrons. The van der Waals surface area contributed by atoms with E-state index in [1.165, 1.54) is 31.7 Å². The fourth-order valence-electron chi connectivity index (χ4n) is 3.19. The van der Waals surface area contributed by atoms with Crippen molar-refractivity contribution in [2.45, 2.75) is 57.4 Å². The molecule has 2 rings (SSSR count). The van der Waals surface area contributed by atoms with Gasteiger partial charge in [-0.2, -0.15) is 0 Å². The van der Waals surface area contributed by atoms with Crippen molar-refractivity contribution in [3.05, 3.63) is 17.6 Å². The molecule has 5 nitrogen and oxygen atoms in total. The van der Waals surface area contributed by atoms with Crippen molar-refractivity contribution in [2.75, 3.05) is 6.54 Å². The van der Waals surface area contributed by atoms with Crippen molar-refractivity contribution in [3.63, 3.8) is 0 Å². The Hall–Kier alpha value is -0.850. The molecule has 1 heterocycles. The summed E-state index contributed by atoms with van der Waals surface area (Å²) >= 11 is 0. The maximum absolute atomic E-state index is 12.3. The molecule has 1 fully saturated rings. The van der Waals surface area contributed by atoms with Crippen molar-refractivity contribution in [3.8, 4) is 0 Å². The molecule has 0 aromatic carbocycles. The molecule has 0 amide bonds. The maximum atomic E-state index is 12.3. The van der Waals surface area contributed by atoms with Crippen LogP contribution in [0.3, 0.4) is 0 Å². The van der Waals surface area contributed by atoms with Crippen molar-refractivity contribution >= 4 is 10.0 Å². The Morgan fingerprint density at radius 2 is 2.19 bits per heavy atom.